The van der Waals surface area contributed by atoms with Crippen LogP contribution in [0.2, 0.25) is 0 Å². The summed E-state index contributed by atoms with van der Waals surface area (Å²) in [4.78, 5) is 2.33. The van der Waals surface area contributed by atoms with Crippen molar-refractivity contribution in [1.82, 2.24) is 14.7 Å². The predicted octanol–water partition coefficient (Wildman–Crippen LogP) is 4.21. The number of methoxy groups -OCH3 is 2. The van der Waals surface area contributed by atoms with Crippen molar-refractivity contribution in [3.8, 4) is 23.1 Å². The summed E-state index contributed by atoms with van der Waals surface area (Å²) in [6.07, 6.45) is 2.52. The van der Waals surface area contributed by atoms with Crippen LogP contribution in [0.25, 0.3) is 5.69 Å². The fourth-order valence-electron chi connectivity index (χ4n) is 4.05. The first-order chi connectivity index (χ1) is 16.1. The molecule has 7 nitrogen and oxygen atoms in total. The fraction of sp³-hybridized carbons (Fsp3) is 0.423. The van der Waals surface area contributed by atoms with Crippen LogP contribution in [0, 0.1) is 0 Å². The van der Waals surface area contributed by atoms with Crippen LogP contribution in [0.5, 0.6) is 17.4 Å². The highest BCUT2D eigenvalue weighted by molar-refractivity contribution is 5.44. The normalized spacial score (nSPS) is 14.5. The highest BCUT2D eigenvalue weighted by Gasteiger charge is 2.33. The molecule has 2 aromatic carbocycles. The molecule has 1 aliphatic rings. The summed E-state index contributed by atoms with van der Waals surface area (Å²) in [7, 11) is 3.26. The zero-order valence-corrected chi connectivity index (χ0v) is 19.6. The molecule has 0 radical (unpaired) electrons. The first-order valence-electron chi connectivity index (χ1n) is 11.5. The number of aromatic nitrogens is 2. The van der Waals surface area contributed by atoms with E-state index in [2.05, 4.69) is 11.8 Å². The summed E-state index contributed by atoms with van der Waals surface area (Å²) in [5.41, 5.74) is 2.97. The molecule has 1 fully saturated rings. The Morgan fingerprint density at radius 2 is 1.85 bits per heavy atom. The van der Waals surface area contributed by atoms with Crippen LogP contribution in [0.3, 0.4) is 0 Å². The van der Waals surface area contributed by atoms with Gasteiger partial charge in [0.25, 0.3) is 0 Å². The van der Waals surface area contributed by atoms with Crippen LogP contribution in [0.4, 0.5) is 0 Å². The largest absolute Gasteiger partial charge is 0.497 e. The van der Waals surface area contributed by atoms with Gasteiger partial charge in [0, 0.05) is 32.3 Å². The van der Waals surface area contributed by atoms with Gasteiger partial charge >= 0.3 is 0 Å². The Labute approximate surface area is 195 Å². The van der Waals surface area contributed by atoms with Crippen molar-refractivity contribution in [2.75, 3.05) is 27.4 Å². The Morgan fingerprint density at radius 3 is 2.52 bits per heavy atom. The van der Waals surface area contributed by atoms with E-state index < -0.39 is 6.10 Å². The molecule has 0 spiro atoms. The number of benzene rings is 2. The lowest BCUT2D eigenvalue weighted by Crippen LogP contribution is -2.36. The zero-order chi connectivity index (χ0) is 23.2. The number of ether oxygens (including phenoxy) is 3. The number of rotatable bonds is 12. The van der Waals surface area contributed by atoms with E-state index >= 15 is 0 Å². The average Bonchev–Trinajstić information content (AvgIpc) is 3.63. The van der Waals surface area contributed by atoms with Crippen molar-refractivity contribution < 1.29 is 19.3 Å². The molecule has 33 heavy (non-hydrogen) atoms. The molecule has 0 saturated heterocycles. The summed E-state index contributed by atoms with van der Waals surface area (Å²) < 4.78 is 18.9. The summed E-state index contributed by atoms with van der Waals surface area (Å²) in [6, 6.07) is 18.1. The molecule has 4 rings (SSSR count). The second kappa shape index (κ2) is 10.8. The molecule has 1 heterocycles. The highest BCUT2D eigenvalue weighted by atomic mass is 16.5. The van der Waals surface area contributed by atoms with Crippen LogP contribution in [-0.4, -0.2) is 59.3 Å². The number of nitrogens with zero attached hydrogens (tertiary/aromatic N) is 3. The van der Waals surface area contributed by atoms with Gasteiger partial charge in [0.1, 0.15) is 11.5 Å². The lowest BCUT2D eigenvalue weighted by Gasteiger charge is -2.25. The van der Waals surface area contributed by atoms with Crippen molar-refractivity contribution in [1.29, 1.82) is 0 Å². The Hall–Kier alpha value is -2.87. The number of hydrogen-bond donors (Lipinski definition) is 1. The molecular formula is C26H33N3O4. The first kappa shape index (κ1) is 23.3. The minimum absolute atomic E-state index is 0.320. The van der Waals surface area contributed by atoms with Crippen molar-refractivity contribution >= 4 is 0 Å². The molecule has 0 aliphatic heterocycles. The van der Waals surface area contributed by atoms with E-state index in [4.69, 9.17) is 19.3 Å². The molecule has 0 amide bonds. The van der Waals surface area contributed by atoms with Crippen molar-refractivity contribution in [3.05, 3.63) is 65.9 Å². The Kier molecular flexibility index (Phi) is 7.65. The number of aliphatic hydroxyl groups excluding tert-OH is 1. The highest BCUT2D eigenvalue weighted by Crippen LogP contribution is 2.36. The van der Waals surface area contributed by atoms with Gasteiger partial charge < -0.3 is 19.3 Å². The number of aliphatic hydroxyl groups is 1. The molecule has 1 saturated carbocycles. The quantitative estimate of drug-likeness (QED) is 0.445. The van der Waals surface area contributed by atoms with Crippen LogP contribution in [0.1, 0.15) is 31.0 Å². The summed E-state index contributed by atoms with van der Waals surface area (Å²) >= 11 is 0. The lowest BCUT2D eigenvalue weighted by atomic mass is 10.1. The van der Waals surface area contributed by atoms with E-state index in [0.717, 1.165) is 42.0 Å². The SMILES string of the molecule is CCc1nn(-c2ccccc2)c(Oc2cccc(OC)c2)c1CN(C[C@H](O)COC)C1CC1. The molecule has 7 heteroatoms. The van der Waals surface area contributed by atoms with Crippen LogP contribution in [-0.2, 0) is 17.7 Å². The van der Waals surface area contributed by atoms with Crippen LogP contribution in [0.15, 0.2) is 54.6 Å². The molecule has 1 aliphatic carbocycles. The van der Waals surface area contributed by atoms with Crippen molar-refractivity contribution in [2.24, 2.45) is 0 Å². The lowest BCUT2D eigenvalue weighted by molar-refractivity contribution is 0.0335. The van der Waals surface area contributed by atoms with Gasteiger partial charge in [-0.25, -0.2) is 4.68 Å². The van der Waals surface area contributed by atoms with E-state index in [9.17, 15) is 5.11 Å². The number of para-hydroxylation sites is 1. The van der Waals surface area contributed by atoms with Gasteiger partial charge in [-0.1, -0.05) is 31.2 Å². The zero-order valence-electron chi connectivity index (χ0n) is 19.6. The standard InChI is InChI=1S/C26H33N3O4/c1-4-25-24(17-28(19-13-14-19)16-21(30)18-31-2)26(29(27-25)20-9-6-5-7-10-20)33-23-12-8-11-22(15-23)32-3/h5-12,15,19,21,30H,4,13-14,16-18H2,1-3H3/t21-/m0/s1. The van der Waals surface area contributed by atoms with E-state index in [-0.39, 0.29) is 0 Å². The third kappa shape index (κ3) is 5.74. The maximum Gasteiger partial charge on any atom is 0.227 e. The molecule has 1 aromatic heterocycles. The molecule has 176 valence electrons. The molecule has 1 atom stereocenters. The average molecular weight is 452 g/mol. The molecule has 0 unspecified atom stereocenters. The Morgan fingerprint density at radius 1 is 1.09 bits per heavy atom. The minimum atomic E-state index is -0.535. The van der Waals surface area contributed by atoms with Gasteiger partial charge in [0.15, 0.2) is 0 Å². The molecule has 0 bridgehead atoms. The van der Waals surface area contributed by atoms with Gasteiger partial charge in [0.05, 0.1) is 36.8 Å². The number of aryl methyl sites for hydroxylation is 1. The van der Waals surface area contributed by atoms with Gasteiger partial charge in [-0.15, -0.1) is 0 Å². The third-order valence-corrected chi connectivity index (χ3v) is 5.84. The van der Waals surface area contributed by atoms with Gasteiger partial charge in [-0.05, 0) is 43.5 Å². The topological polar surface area (TPSA) is 69.0 Å². The monoisotopic (exact) mass is 451 g/mol. The van der Waals surface area contributed by atoms with Gasteiger partial charge in [-0.3, -0.25) is 4.90 Å². The van der Waals surface area contributed by atoms with E-state index in [0.29, 0.717) is 37.4 Å². The summed E-state index contributed by atoms with van der Waals surface area (Å²) in [5.74, 6) is 2.11. The van der Waals surface area contributed by atoms with Gasteiger partial charge in [-0.2, -0.15) is 5.10 Å². The van der Waals surface area contributed by atoms with E-state index in [1.807, 2.05) is 59.3 Å². The summed E-state index contributed by atoms with van der Waals surface area (Å²) in [5, 5.41) is 15.3. The second-order valence-corrected chi connectivity index (χ2v) is 8.38. The fourth-order valence-corrected chi connectivity index (χ4v) is 4.05. The third-order valence-electron chi connectivity index (χ3n) is 5.84. The number of hydrogen-bond acceptors (Lipinski definition) is 6. The Balaban J connectivity index is 1.73. The smallest absolute Gasteiger partial charge is 0.227 e. The van der Waals surface area contributed by atoms with Crippen molar-refractivity contribution in [2.45, 2.75) is 44.9 Å². The molecule has 3 aromatic rings. The maximum atomic E-state index is 10.4. The van der Waals surface area contributed by atoms with E-state index in [1.54, 1.807) is 14.2 Å². The summed E-state index contributed by atoms with van der Waals surface area (Å²) in [6.45, 7) is 3.63. The second-order valence-electron chi connectivity index (χ2n) is 8.38. The molecular weight excluding hydrogens is 418 g/mol. The van der Waals surface area contributed by atoms with Crippen LogP contribution < -0.4 is 9.47 Å². The first-order valence-corrected chi connectivity index (χ1v) is 11.5. The molecule has 1 N–H and O–H groups in total. The Bertz CT molecular complexity index is 1030. The predicted molar refractivity (Wildman–Crippen MR) is 127 cm³/mol. The van der Waals surface area contributed by atoms with Crippen molar-refractivity contribution in [3.63, 3.8) is 0 Å². The van der Waals surface area contributed by atoms with E-state index in [1.165, 1.54) is 0 Å². The maximum absolute atomic E-state index is 10.4. The van der Waals surface area contributed by atoms with Gasteiger partial charge in [0.2, 0.25) is 5.88 Å². The minimum Gasteiger partial charge on any atom is -0.497 e. The van der Waals surface area contributed by atoms with Crippen LogP contribution >= 0.6 is 0 Å².